The van der Waals surface area contributed by atoms with Crippen molar-refractivity contribution >= 4 is 35.7 Å². The van der Waals surface area contributed by atoms with Crippen LogP contribution in [-0.4, -0.2) is 28.5 Å². The first-order valence-corrected chi connectivity index (χ1v) is 13.3. The van der Waals surface area contributed by atoms with Crippen molar-refractivity contribution in [1.29, 1.82) is 0 Å². The molecule has 2 N–H and O–H groups in total. The van der Waals surface area contributed by atoms with Gasteiger partial charge in [0.05, 0.1) is 0 Å². The van der Waals surface area contributed by atoms with Crippen LogP contribution in [-0.2, 0) is 0 Å². The van der Waals surface area contributed by atoms with Crippen molar-refractivity contribution in [2.24, 2.45) is 5.73 Å². The Labute approximate surface area is 198 Å². The summed E-state index contributed by atoms with van der Waals surface area (Å²) in [4.78, 5) is 22.7. The van der Waals surface area contributed by atoms with Gasteiger partial charge in [0.2, 0.25) is 0 Å². The third-order valence-corrected chi connectivity index (χ3v) is 5.62. The zero-order valence-electron chi connectivity index (χ0n) is 19.9. The van der Waals surface area contributed by atoms with Crippen LogP contribution in [0.5, 0.6) is 0 Å². The first kappa shape index (κ1) is 31.8. The molecule has 180 valence electrons. The van der Waals surface area contributed by atoms with Gasteiger partial charge in [-0.25, -0.2) is 0 Å². The molecule has 0 saturated carbocycles. The first-order chi connectivity index (χ1) is 14.5. The maximum absolute atomic E-state index is 11.7. The third-order valence-electron chi connectivity index (χ3n) is 5.33. The molecule has 0 aliphatic carbocycles. The molecule has 6 heteroatoms. The van der Waals surface area contributed by atoms with Gasteiger partial charge in [0, 0.05) is 13.1 Å². The van der Waals surface area contributed by atoms with Crippen molar-refractivity contribution in [2.45, 2.75) is 129 Å². The van der Waals surface area contributed by atoms with Crippen LogP contribution in [0.2, 0.25) is 0 Å². The first-order valence-electron chi connectivity index (χ1n) is 12.4. The average molecular weight is 463 g/mol. The summed E-state index contributed by atoms with van der Waals surface area (Å²) >= 11 is 7.17. The molecule has 0 saturated heterocycles. The number of rotatable bonds is 20. The van der Waals surface area contributed by atoms with E-state index in [-0.39, 0.29) is 5.24 Å². The van der Waals surface area contributed by atoms with Gasteiger partial charge in [-0.1, -0.05) is 142 Å². The van der Waals surface area contributed by atoms with Crippen LogP contribution in [0.1, 0.15) is 129 Å². The quantitative estimate of drug-likeness (QED) is 0.126. The fourth-order valence-corrected chi connectivity index (χ4v) is 3.73. The van der Waals surface area contributed by atoms with Gasteiger partial charge in [0.25, 0.3) is 10.5 Å². The zero-order valence-corrected chi connectivity index (χ0v) is 21.7. The molecule has 0 aliphatic rings. The number of primary amides is 1. The molecule has 0 bridgehead atoms. The number of carbonyl (C=O) groups excluding carboxylic acids is 2. The minimum Gasteiger partial charge on any atom is -0.361 e. The van der Waals surface area contributed by atoms with E-state index in [1.165, 1.54) is 103 Å². The van der Waals surface area contributed by atoms with Gasteiger partial charge in [0.15, 0.2) is 0 Å². The molecule has 0 unspecified atom stereocenters. The van der Waals surface area contributed by atoms with E-state index in [1.807, 2.05) is 4.90 Å². The highest BCUT2D eigenvalue weighted by Crippen LogP contribution is 2.12. The predicted molar refractivity (Wildman–Crippen MR) is 139 cm³/mol. The number of nitrogens with zero attached hydrogens (tertiary/aromatic N) is 1. The van der Waals surface area contributed by atoms with E-state index >= 15 is 0 Å². The maximum Gasteiger partial charge on any atom is 0.278 e. The van der Waals surface area contributed by atoms with E-state index in [4.69, 9.17) is 4.79 Å². The summed E-state index contributed by atoms with van der Waals surface area (Å²) in [5, 5.41) is -0.677. The van der Waals surface area contributed by atoms with Crippen molar-refractivity contribution < 1.29 is 9.59 Å². The summed E-state index contributed by atoms with van der Waals surface area (Å²) < 4.78 is 0. The SMILES string of the molecule is CCCCCCCCCCCN(CCCCCCCCCCC)C(=O)S.NC(=O)S. The second kappa shape index (κ2) is 26.7. The molecule has 0 aromatic carbocycles. The standard InChI is InChI=1S/C23H47NOS.CH3NOS/c1-3-5-7-9-11-13-15-17-19-21-24(23(25)26)22-20-18-16-14-12-10-8-6-4-2;2-1(3)4/h3-22H2,1-2H3,(H,25,26);(H3,2,3,4). The summed E-state index contributed by atoms with van der Waals surface area (Å²) in [6.45, 7) is 6.33. The van der Waals surface area contributed by atoms with Gasteiger partial charge in [0.1, 0.15) is 0 Å². The fraction of sp³-hybridized carbons (Fsp3) is 0.917. The minimum atomic E-state index is -0.639. The van der Waals surface area contributed by atoms with Gasteiger partial charge in [-0.2, -0.15) is 0 Å². The Morgan fingerprint density at radius 1 is 0.567 bits per heavy atom. The Kier molecular flexibility index (Phi) is 28.3. The van der Waals surface area contributed by atoms with E-state index in [1.54, 1.807) is 0 Å². The molecular formula is C24H50N2O2S2. The van der Waals surface area contributed by atoms with E-state index in [2.05, 4.69) is 44.8 Å². The lowest BCUT2D eigenvalue weighted by Gasteiger charge is -2.20. The van der Waals surface area contributed by atoms with Crippen molar-refractivity contribution in [2.75, 3.05) is 13.1 Å². The molecule has 2 amide bonds. The number of nitrogens with two attached hydrogens (primary N) is 1. The molecule has 0 atom stereocenters. The molecule has 0 radical (unpaired) electrons. The molecule has 30 heavy (non-hydrogen) atoms. The van der Waals surface area contributed by atoms with E-state index < -0.39 is 5.24 Å². The van der Waals surface area contributed by atoms with Gasteiger partial charge in [-0.15, -0.1) is 0 Å². The molecule has 0 aromatic heterocycles. The Hall–Kier alpha value is -0.360. The summed E-state index contributed by atoms with van der Waals surface area (Å²) in [7, 11) is 0. The number of unbranched alkanes of at least 4 members (excludes halogenated alkanes) is 16. The van der Waals surface area contributed by atoms with Crippen LogP contribution in [0.3, 0.4) is 0 Å². The zero-order chi connectivity index (χ0) is 22.9. The Balaban J connectivity index is 0. The molecule has 0 heterocycles. The molecule has 0 aliphatic heterocycles. The normalized spacial score (nSPS) is 10.4. The minimum absolute atomic E-state index is 0.0378. The molecular weight excluding hydrogens is 412 g/mol. The van der Waals surface area contributed by atoms with Crippen molar-refractivity contribution in [1.82, 2.24) is 4.90 Å². The average Bonchev–Trinajstić information content (AvgIpc) is 2.69. The number of hydrogen-bond donors (Lipinski definition) is 3. The van der Waals surface area contributed by atoms with Crippen LogP contribution in [0.15, 0.2) is 0 Å². The highest BCUT2D eigenvalue weighted by Gasteiger charge is 2.08. The number of hydrogen-bond acceptors (Lipinski definition) is 2. The van der Waals surface area contributed by atoms with Crippen LogP contribution in [0.4, 0.5) is 9.59 Å². The highest BCUT2D eigenvalue weighted by atomic mass is 32.1. The van der Waals surface area contributed by atoms with E-state index in [9.17, 15) is 4.79 Å². The largest absolute Gasteiger partial charge is 0.361 e. The lowest BCUT2D eigenvalue weighted by molar-refractivity contribution is 0.220. The van der Waals surface area contributed by atoms with Crippen molar-refractivity contribution in [3.8, 4) is 0 Å². The van der Waals surface area contributed by atoms with Crippen molar-refractivity contribution in [3.05, 3.63) is 0 Å². The van der Waals surface area contributed by atoms with Gasteiger partial charge >= 0.3 is 0 Å². The van der Waals surface area contributed by atoms with Gasteiger partial charge < -0.3 is 10.6 Å². The second-order valence-electron chi connectivity index (χ2n) is 8.26. The van der Waals surface area contributed by atoms with E-state index in [0.29, 0.717) is 0 Å². The highest BCUT2D eigenvalue weighted by molar-refractivity contribution is 7.96. The second-order valence-corrected chi connectivity index (χ2v) is 9.09. The molecule has 0 fully saturated rings. The summed E-state index contributed by atoms with van der Waals surface area (Å²) in [6, 6.07) is 0. The molecule has 0 spiro atoms. The van der Waals surface area contributed by atoms with Crippen LogP contribution in [0, 0.1) is 0 Å². The van der Waals surface area contributed by atoms with Crippen molar-refractivity contribution in [3.63, 3.8) is 0 Å². The number of amides is 2. The Bertz CT molecular complexity index is 356. The van der Waals surface area contributed by atoms with Crippen LogP contribution < -0.4 is 5.73 Å². The topological polar surface area (TPSA) is 63.4 Å². The van der Waals surface area contributed by atoms with E-state index in [0.717, 1.165) is 25.9 Å². The predicted octanol–water partition coefficient (Wildman–Crippen LogP) is 8.39. The molecule has 0 aromatic rings. The lowest BCUT2D eigenvalue weighted by Crippen LogP contribution is -2.28. The summed E-state index contributed by atoms with van der Waals surface area (Å²) in [6.07, 6.45) is 23.9. The van der Waals surface area contributed by atoms with Crippen LogP contribution in [0.25, 0.3) is 0 Å². The third kappa shape index (κ3) is 29.8. The lowest BCUT2D eigenvalue weighted by atomic mass is 10.1. The number of thiol groups is 2. The smallest absolute Gasteiger partial charge is 0.278 e. The van der Waals surface area contributed by atoms with Gasteiger partial charge in [-0.3, -0.25) is 9.59 Å². The number of carbonyl (C=O) groups is 2. The maximum atomic E-state index is 11.7. The molecule has 4 nitrogen and oxygen atoms in total. The fourth-order valence-electron chi connectivity index (χ4n) is 3.53. The summed E-state index contributed by atoms with van der Waals surface area (Å²) in [5.41, 5.74) is 4.34. The Morgan fingerprint density at radius 2 is 0.800 bits per heavy atom. The Morgan fingerprint density at radius 3 is 1.03 bits per heavy atom. The van der Waals surface area contributed by atoms with Crippen LogP contribution >= 0.6 is 25.3 Å². The molecule has 0 rings (SSSR count). The summed E-state index contributed by atoms with van der Waals surface area (Å²) in [5.74, 6) is 0. The van der Waals surface area contributed by atoms with Gasteiger partial charge in [-0.05, 0) is 12.8 Å². The monoisotopic (exact) mass is 462 g/mol.